The number of ketones is 1. The first-order chi connectivity index (χ1) is 10.2. The van der Waals surface area contributed by atoms with Gasteiger partial charge in [-0.1, -0.05) is 43.7 Å². The lowest BCUT2D eigenvalue weighted by Gasteiger charge is -2.24. The minimum absolute atomic E-state index is 0.0607. The van der Waals surface area contributed by atoms with Crippen molar-refractivity contribution in [3.05, 3.63) is 66.0 Å². The summed E-state index contributed by atoms with van der Waals surface area (Å²) >= 11 is 0. The van der Waals surface area contributed by atoms with Gasteiger partial charge in [0.25, 0.3) is 0 Å². The molecule has 0 bridgehead atoms. The molecule has 0 radical (unpaired) electrons. The molecule has 2 nitrogen and oxygen atoms in total. The Morgan fingerprint density at radius 1 is 1.10 bits per heavy atom. The number of rotatable bonds is 7. The zero-order valence-electron chi connectivity index (χ0n) is 12.3. The van der Waals surface area contributed by atoms with Crippen LogP contribution in [0.3, 0.4) is 0 Å². The van der Waals surface area contributed by atoms with Crippen LogP contribution in [0.25, 0.3) is 0 Å². The Morgan fingerprint density at radius 3 is 2.52 bits per heavy atom. The summed E-state index contributed by atoms with van der Waals surface area (Å²) in [4.78, 5) is 14.4. The summed E-state index contributed by atoms with van der Waals surface area (Å²) in [6.45, 7) is 3.21. The van der Waals surface area contributed by atoms with Crippen molar-refractivity contribution < 1.29 is 9.18 Å². The number of Topliss-reactive ketones (excluding diaryl/α,β-unsaturated/α-hetero) is 1. The van der Waals surface area contributed by atoms with Gasteiger partial charge in [-0.15, -0.1) is 0 Å². The van der Waals surface area contributed by atoms with E-state index in [9.17, 15) is 9.18 Å². The molecule has 0 aliphatic carbocycles. The highest BCUT2D eigenvalue weighted by Gasteiger charge is 2.13. The van der Waals surface area contributed by atoms with Gasteiger partial charge in [-0.25, -0.2) is 4.39 Å². The van der Waals surface area contributed by atoms with Crippen molar-refractivity contribution in [1.29, 1.82) is 0 Å². The molecule has 0 aliphatic heterocycles. The maximum absolute atomic E-state index is 13.2. The van der Waals surface area contributed by atoms with Crippen LogP contribution in [0.1, 0.15) is 30.1 Å². The standard InChI is InChI=1S/C18H20FNO/c1-2-3-12-20(17-10-5-4-6-11-17)14-18(21)15-8-7-9-16(19)13-15/h4-11,13H,2-3,12,14H2,1H3. The first-order valence-corrected chi connectivity index (χ1v) is 7.29. The van der Waals surface area contributed by atoms with Crippen LogP contribution in [-0.4, -0.2) is 18.9 Å². The molecule has 0 N–H and O–H groups in total. The van der Waals surface area contributed by atoms with E-state index in [4.69, 9.17) is 0 Å². The predicted octanol–water partition coefficient (Wildman–Crippen LogP) is 4.32. The first kappa shape index (κ1) is 15.2. The molecule has 2 aromatic rings. The van der Waals surface area contributed by atoms with E-state index in [2.05, 4.69) is 11.8 Å². The van der Waals surface area contributed by atoms with Crippen LogP contribution in [0, 0.1) is 5.82 Å². The maximum Gasteiger partial charge on any atom is 0.182 e. The summed E-state index contributed by atoms with van der Waals surface area (Å²) in [7, 11) is 0. The lowest BCUT2D eigenvalue weighted by molar-refractivity contribution is 0.0998. The number of benzene rings is 2. The largest absolute Gasteiger partial charge is 0.364 e. The molecule has 0 amide bonds. The van der Waals surface area contributed by atoms with Crippen LogP contribution in [0.2, 0.25) is 0 Å². The lowest BCUT2D eigenvalue weighted by atomic mass is 10.1. The number of carbonyl (C=O) groups excluding carboxylic acids is 1. The molecule has 0 saturated carbocycles. The highest BCUT2D eigenvalue weighted by atomic mass is 19.1. The fourth-order valence-electron chi connectivity index (χ4n) is 2.21. The predicted molar refractivity (Wildman–Crippen MR) is 84.3 cm³/mol. The fraction of sp³-hybridized carbons (Fsp3) is 0.278. The normalized spacial score (nSPS) is 10.4. The van der Waals surface area contributed by atoms with E-state index < -0.39 is 0 Å². The second kappa shape index (κ2) is 7.58. The quantitative estimate of drug-likeness (QED) is 0.706. The second-order valence-electron chi connectivity index (χ2n) is 5.04. The molecule has 0 aliphatic rings. The number of hydrogen-bond acceptors (Lipinski definition) is 2. The maximum atomic E-state index is 13.2. The Balaban J connectivity index is 2.13. The third-order valence-corrected chi connectivity index (χ3v) is 3.38. The smallest absolute Gasteiger partial charge is 0.182 e. The van der Waals surface area contributed by atoms with Gasteiger partial charge in [0.05, 0.1) is 6.54 Å². The number of halogens is 1. The molecule has 110 valence electrons. The van der Waals surface area contributed by atoms with Crippen LogP contribution in [0.4, 0.5) is 10.1 Å². The van der Waals surface area contributed by atoms with E-state index in [0.717, 1.165) is 25.1 Å². The first-order valence-electron chi connectivity index (χ1n) is 7.29. The van der Waals surface area contributed by atoms with Crippen LogP contribution in [0.15, 0.2) is 54.6 Å². The molecule has 0 fully saturated rings. The van der Waals surface area contributed by atoms with Crippen molar-refractivity contribution in [1.82, 2.24) is 0 Å². The van der Waals surface area contributed by atoms with Gasteiger partial charge in [0.1, 0.15) is 5.82 Å². The number of hydrogen-bond donors (Lipinski definition) is 0. The zero-order chi connectivity index (χ0) is 15.1. The Labute approximate surface area is 125 Å². The average molecular weight is 285 g/mol. The van der Waals surface area contributed by atoms with Crippen LogP contribution in [0.5, 0.6) is 0 Å². The minimum atomic E-state index is -0.374. The summed E-state index contributed by atoms with van der Waals surface area (Å²) < 4.78 is 13.2. The lowest BCUT2D eigenvalue weighted by Crippen LogP contribution is -2.30. The molecular weight excluding hydrogens is 265 g/mol. The molecule has 2 rings (SSSR count). The van der Waals surface area contributed by atoms with E-state index in [0.29, 0.717) is 5.56 Å². The van der Waals surface area contributed by atoms with Gasteiger partial charge in [0, 0.05) is 17.8 Å². The molecule has 0 atom stereocenters. The zero-order valence-corrected chi connectivity index (χ0v) is 12.3. The molecule has 21 heavy (non-hydrogen) atoms. The summed E-state index contributed by atoms with van der Waals surface area (Å²) in [5, 5.41) is 0. The van der Waals surface area contributed by atoms with Gasteiger partial charge in [-0.2, -0.15) is 0 Å². The van der Waals surface area contributed by atoms with E-state index in [1.807, 2.05) is 30.3 Å². The summed E-state index contributed by atoms with van der Waals surface area (Å²) in [5.41, 5.74) is 1.45. The Kier molecular flexibility index (Phi) is 5.50. The van der Waals surface area contributed by atoms with Crippen molar-refractivity contribution in [2.24, 2.45) is 0 Å². The van der Waals surface area contributed by atoms with Gasteiger partial charge in [-0.3, -0.25) is 4.79 Å². The van der Waals surface area contributed by atoms with Crippen LogP contribution >= 0.6 is 0 Å². The topological polar surface area (TPSA) is 20.3 Å². The van der Waals surface area contributed by atoms with Gasteiger partial charge in [-0.05, 0) is 30.7 Å². The third-order valence-electron chi connectivity index (χ3n) is 3.38. The third kappa shape index (κ3) is 4.42. The molecule has 0 heterocycles. The Bertz CT molecular complexity index is 583. The Hall–Kier alpha value is -2.16. The summed E-state index contributed by atoms with van der Waals surface area (Å²) in [6.07, 6.45) is 2.09. The number of para-hydroxylation sites is 1. The van der Waals surface area contributed by atoms with Crippen LogP contribution in [-0.2, 0) is 0 Å². The summed E-state index contributed by atoms with van der Waals surface area (Å²) in [5.74, 6) is -0.435. The van der Waals surface area contributed by atoms with E-state index in [-0.39, 0.29) is 18.1 Å². The molecule has 2 aromatic carbocycles. The van der Waals surface area contributed by atoms with E-state index >= 15 is 0 Å². The van der Waals surface area contributed by atoms with Crippen molar-refractivity contribution in [2.75, 3.05) is 18.0 Å². The van der Waals surface area contributed by atoms with Crippen molar-refractivity contribution >= 4 is 11.5 Å². The molecule has 0 spiro atoms. The number of anilines is 1. The highest BCUT2D eigenvalue weighted by Crippen LogP contribution is 2.15. The molecular formula is C18H20FNO. The van der Waals surface area contributed by atoms with E-state index in [1.54, 1.807) is 12.1 Å². The van der Waals surface area contributed by atoms with Crippen molar-refractivity contribution in [3.63, 3.8) is 0 Å². The molecule has 0 saturated heterocycles. The van der Waals surface area contributed by atoms with Crippen LogP contribution < -0.4 is 4.90 Å². The van der Waals surface area contributed by atoms with Gasteiger partial charge in [0.2, 0.25) is 0 Å². The van der Waals surface area contributed by atoms with Gasteiger partial charge < -0.3 is 4.90 Å². The molecule has 0 aromatic heterocycles. The number of carbonyl (C=O) groups is 1. The Morgan fingerprint density at radius 2 is 1.86 bits per heavy atom. The number of nitrogens with zero attached hydrogens (tertiary/aromatic N) is 1. The molecule has 0 unspecified atom stereocenters. The van der Waals surface area contributed by atoms with E-state index in [1.165, 1.54) is 12.1 Å². The fourth-order valence-corrected chi connectivity index (χ4v) is 2.21. The number of unbranched alkanes of at least 4 members (excludes halogenated alkanes) is 1. The van der Waals surface area contributed by atoms with Gasteiger partial charge >= 0.3 is 0 Å². The second-order valence-corrected chi connectivity index (χ2v) is 5.04. The summed E-state index contributed by atoms with van der Waals surface area (Å²) in [6, 6.07) is 15.7. The highest BCUT2D eigenvalue weighted by molar-refractivity contribution is 5.99. The minimum Gasteiger partial charge on any atom is -0.364 e. The van der Waals surface area contributed by atoms with Crippen molar-refractivity contribution in [3.8, 4) is 0 Å². The van der Waals surface area contributed by atoms with Gasteiger partial charge in [0.15, 0.2) is 5.78 Å². The monoisotopic (exact) mass is 285 g/mol. The SMILES string of the molecule is CCCCN(CC(=O)c1cccc(F)c1)c1ccccc1. The van der Waals surface area contributed by atoms with Crippen molar-refractivity contribution in [2.45, 2.75) is 19.8 Å². The average Bonchev–Trinajstić information content (AvgIpc) is 2.52. The molecule has 3 heteroatoms.